The summed E-state index contributed by atoms with van der Waals surface area (Å²) in [6, 6.07) is 0. The maximum absolute atomic E-state index is 12.4. The Balaban J connectivity index is 1.81. The van der Waals surface area contributed by atoms with Gasteiger partial charge in [-0.15, -0.1) is 10.2 Å². The van der Waals surface area contributed by atoms with Crippen molar-refractivity contribution in [2.75, 3.05) is 5.32 Å². The minimum atomic E-state index is -0.495. The first kappa shape index (κ1) is 19.0. The average molecular weight is 391 g/mol. The Morgan fingerprint density at radius 3 is 2.70 bits per heavy atom. The van der Waals surface area contributed by atoms with Crippen molar-refractivity contribution < 1.29 is 4.79 Å². The normalized spacial score (nSPS) is 12.4. The Labute approximate surface area is 158 Å². The lowest BCUT2D eigenvalue weighted by Crippen LogP contribution is -2.37. The topological polar surface area (TPSA) is 117 Å². The fraction of sp³-hybridized carbons (Fsp3) is 0.500. The van der Waals surface area contributed by atoms with E-state index in [0.29, 0.717) is 11.0 Å². The monoisotopic (exact) mass is 391 g/mol. The lowest BCUT2D eigenvalue weighted by Gasteiger charge is -2.06. The SMILES string of the molecule is CCC[C@@H](C)c1nnc(NC(=O)Cn2cnc3c2c(=O)n(C)c(=O)n3C)s1. The Morgan fingerprint density at radius 1 is 1.26 bits per heavy atom. The second-order valence-corrected chi connectivity index (χ2v) is 7.44. The molecule has 1 atom stereocenters. The largest absolute Gasteiger partial charge is 0.332 e. The molecular weight excluding hydrogens is 370 g/mol. The van der Waals surface area contributed by atoms with Crippen molar-refractivity contribution in [2.45, 2.75) is 39.2 Å². The highest BCUT2D eigenvalue weighted by Crippen LogP contribution is 2.26. The molecule has 0 aliphatic carbocycles. The predicted molar refractivity (Wildman–Crippen MR) is 102 cm³/mol. The lowest BCUT2D eigenvalue weighted by molar-refractivity contribution is -0.116. The third-order valence-corrected chi connectivity index (χ3v) is 5.43. The molecule has 11 heteroatoms. The zero-order valence-corrected chi connectivity index (χ0v) is 16.4. The second-order valence-electron chi connectivity index (χ2n) is 6.43. The molecule has 1 N–H and O–H groups in total. The number of aromatic nitrogens is 6. The first-order valence-corrected chi connectivity index (χ1v) is 9.39. The highest BCUT2D eigenvalue weighted by molar-refractivity contribution is 7.15. The molecular formula is C16H21N7O3S. The van der Waals surface area contributed by atoms with Crippen LogP contribution >= 0.6 is 11.3 Å². The van der Waals surface area contributed by atoms with Crippen LogP contribution in [-0.4, -0.2) is 34.8 Å². The van der Waals surface area contributed by atoms with Crippen LogP contribution in [0.15, 0.2) is 15.9 Å². The van der Waals surface area contributed by atoms with Crippen molar-refractivity contribution in [1.29, 1.82) is 0 Å². The first-order valence-electron chi connectivity index (χ1n) is 8.57. The fourth-order valence-electron chi connectivity index (χ4n) is 2.87. The van der Waals surface area contributed by atoms with E-state index < -0.39 is 11.2 Å². The summed E-state index contributed by atoms with van der Waals surface area (Å²) in [5, 5.41) is 12.1. The predicted octanol–water partition coefficient (Wildman–Crippen LogP) is 0.827. The minimum Gasteiger partial charge on any atom is -0.315 e. The second kappa shape index (κ2) is 7.43. The quantitative estimate of drug-likeness (QED) is 0.665. The van der Waals surface area contributed by atoms with E-state index in [4.69, 9.17) is 0 Å². The third-order valence-electron chi connectivity index (χ3n) is 4.36. The highest BCUT2D eigenvalue weighted by atomic mass is 32.1. The summed E-state index contributed by atoms with van der Waals surface area (Å²) in [5.41, 5.74) is -0.526. The van der Waals surface area contributed by atoms with E-state index in [1.807, 2.05) is 0 Å². The van der Waals surface area contributed by atoms with E-state index in [1.54, 1.807) is 0 Å². The van der Waals surface area contributed by atoms with Gasteiger partial charge in [-0.3, -0.25) is 24.0 Å². The van der Waals surface area contributed by atoms with E-state index in [1.165, 1.54) is 40.9 Å². The summed E-state index contributed by atoms with van der Waals surface area (Å²) in [6.07, 6.45) is 3.43. The van der Waals surface area contributed by atoms with Crippen LogP contribution in [0.5, 0.6) is 0 Å². The molecule has 3 aromatic heterocycles. The molecule has 144 valence electrons. The Bertz CT molecular complexity index is 1110. The van der Waals surface area contributed by atoms with Gasteiger partial charge < -0.3 is 4.57 Å². The van der Waals surface area contributed by atoms with Gasteiger partial charge in [0.25, 0.3) is 5.56 Å². The van der Waals surface area contributed by atoms with Crippen LogP contribution in [0.1, 0.15) is 37.6 Å². The number of nitrogens with one attached hydrogen (secondary N) is 1. The minimum absolute atomic E-state index is 0.122. The maximum Gasteiger partial charge on any atom is 0.332 e. The number of rotatable bonds is 6. The molecule has 0 unspecified atom stereocenters. The molecule has 0 spiro atoms. The highest BCUT2D eigenvalue weighted by Gasteiger charge is 2.17. The number of fused-ring (bicyclic) bond motifs is 1. The number of nitrogens with zero attached hydrogens (tertiary/aromatic N) is 6. The van der Waals surface area contributed by atoms with Crippen LogP contribution in [0.2, 0.25) is 0 Å². The van der Waals surface area contributed by atoms with Crippen molar-refractivity contribution in [2.24, 2.45) is 14.1 Å². The van der Waals surface area contributed by atoms with Gasteiger partial charge in [-0.1, -0.05) is 31.6 Å². The van der Waals surface area contributed by atoms with E-state index in [0.717, 1.165) is 22.4 Å². The van der Waals surface area contributed by atoms with Crippen LogP contribution in [0.3, 0.4) is 0 Å². The number of amides is 1. The van der Waals surface area contributed by atoms with Crippen LogP contribution in [0.25, 0.3) is 11.2 Å². The Hall–Kier alpha value is -2.82. The molecule has 0 bridgehead atoms. The van der Waals surface area contributed by atoms with E-state index in [2.05, 4.69) is 34.3 Å². The van der Waals surface area contributed by atoms with Gasteiger partial charge in [-0.2, -0.15) is 0 Å². The molecule has 1 amide bonds. The van der Waals surface area contributed by atoms with Crippen LogP contribution < -0.4 is 16.6 Å². The van der Waals surface area contributed by atoms with Crippen molar-refractivity contribution in [3.05, 3.63) is 32.2 Å². The van der Waals surface area contributed by atoms with Gasteiger partial charge in [-0.05, 0) is 6.42 Å². The van der Waals surface area contributed by atoms with Crippen molar-refractivity contribution in [3.63, 3.8) is 0 Å². The van der Waals surface area contributed by atoms with Crippen LogP contribution in [0.4, 0.5) is 5.13 Å². The summed E-state index contributed by atoms with van der Waals surface area (Å²) in [4.78, 5) is 40.8. The molecule has 3 heterocycles. The fourth-order valence-corrected chi connectivity index (χ4v) is 3.72. The molecule has 0 aliphatic heterocycles. The van der Waals surface area contributed by atoms with Gasteiger partial charge in [0.2, 0.25) is 11.0 Å². The first-order chi connectivity index (χ1) is 12.8. The van der Waals surface area contributed by atoms with E-state index >= 15 is 0 Å². The summed E-state index contributed by atoms with van der Waals surface area (Å²) in [7, 11) is 2.92. The number of carbonyl (C=O) groups excluding carboxylic acids is 1. The Morgan fingerprint density at radius 2 is 2.00 bits per heavy atom. The number of carbonyl (C=O) groups is 1. The molecule has 3 rings (SSSR count). The maximum atomic E-state index is 12.4. The van der Waals surface area contributed by atoms with Crippen molar-refractivity contribution in [1.82, 2.24) is 28.9 Å². The van der Waals surface area contributed by atoms with Crippen LogP contribution in [-0.2, 0) is 25.4 Å². The summed E-state index contributed by atoms with van der Waals surface area (Å²) >= 11 is 1.35. The molecule has 0 fully saturated rings. The smallest absolute Gasteiger partial charge is 0.315 e. The average Bonchev–Trinajstić information content (AvgIpc) is 3.25. The number of anilines is 1. The van der Waals surface area contributed by atoms with E-state index in [-0.39, 0.29) is 23.6 Å². The Kier molecular flexibility index (Phi) is 5.22. The zero-order valence-electron chi connectivity index (χ0n) is 15.6. The number of hydrogen-bond donors (Lipinski definition) is 1. The third kappa shape index (κ3) is 3.54. The zero-order chi connectivity index (χ0) is 19.7. The van der Waals surface area contributed by atoms with E-state index in [9.17, 15) is 14.4 Å². The molecule has 27 heavy (non-hydrogen) atoms. The van der Waals surface area contributed by atoms with Gasteiger partial charge in [-0.25, -0.2) is 9.78 Å². The number of hydrogen-bond acceptors (Lipinski definition) is 7. The number of aryl methyl sites for hydroxylation is 1. The van der Waals surface area contributed by atoms with Crippen LogP contribution in [0, 0.1) is 0 Å². The van der Waals surface area contributed by atoms with Crippen molar-refractivity contribution in [3.8, 4) is 0 Å². The van der Waals surface area contributed by atoms with Gasteiger partial charge in [0, 0.05) is 20.0 Å². The molecule has 10 nitrogen and oxygen atoms in total. The molecule has 0 aromatic carbocycles. The van der Waals surface area contributed by atoms with Gasteiger partial charge >= 0.3 is 5.69 Å². The molecule has 0 saturated heterocycles. The summed E-state index contributed by atoms with van der Waals surface area (Å²) in [6.45, 7) is 4.06. The lowest BCUT2D eigenvalue weighted by atomic mass is 10.1. The molecule has 0 aliphatic rings. The van der Waals surface area contributed by atoms with Crippen molar-refractivity contribution >= 4 is 33.5 Å². The summed E-state index contributed by atoms with van der Waals surface area (Å²) < 4.78 is 3.69. The molecule has 3 aromatic rings. The van der Waals surface area contributed by atoms with Gasteiger partial charge in [0.1, 0.15) is 11.6 Å². The number of imidazole rings is 1. The molecule has 0 radical (unpaired) electrons. The standard InChI is InChI=1S/C16H21N7O3S/c1-5-6-9(2)13-19-20-15(27-13)18-10(24)7-23-8-17-12-11(23)14(25)22(4)16(26)21(12)3/h8-9H,5-7H2,1-4H3,(H,18,20,24)/t9-/m1/s1. The molecule has 0 saturated carbocycles. The van der Waals surface area contributed by atoms with Gasteiger partial charge in [0.05, 0.1) is 6.33 Å². The van der Waals surface area contributed by atoms with Gasteiger partial charge in [0.15, 0.2) is 11.2 Å². The summed E-state index contributed by atoms with van der Waals surface area (Å²) in [5.74, 6) is -0.0592.